The molecule has 0 fully saturated rings. The van der Waals surface area contributed by atoms with Gasteiger partial charge in [0.15, 0.2) is 5.11 Å². The maximum absolute atomic E-state index is 5.88. The minimum absolute atomic E-state index is 0.558. The summed E-state index contributed by atoms with van der Waals surface area (Å²) < 4.78 is 11.1. The van der Waals surface area contributed by atoms with E-state index in [1.165, 1.54) is 5.56 Å². The van der Waals surface area contributed by atoms with Gasteiger partial charge in [0.1, 0.15) is 5.75 Å². The Labute approximate surface area is 171 Å². The molecule has 3 aromatic carbocycles. The number of nitrogens with one attached hydrogen (secondary N) is 2. The highest BCUT2D eigenvalue weighted by atomic mass is 32.1. The average Bonchev–Trinajstić information content (AvgIpc) is 2.74. The second kappa shape index (κ2) is 10.4. The van der Waals surface area contributed by atoms with E-state index in [2.05, 4.69) is 34.9 Å². The third kappa shape index (κ3) is 6.08. The Hall–Kier alpha value is -2.89. The van der Waals surface area contributed by atoms with Gasteiger partial charge in [-0.3, -0.25) is 0 Å². The molecule has 0 unspecified atom stereocenters. The molecule has 0 heterocycles. The van der Waals surface area contributed by atoms with Crippen LogP contribution in [0.1, 0.15) is 16.7 Å². The Morgan fingerprint density at radius 1 is 0.857 bits per heavy atom. The lowest BCUT2D eigenvalue weighted by Gasteiger charge is -2.14. The molecule has 144 valence electrons. The molecule has 0 atom stereocenters. The number of hydrogen-bond acceptors (Lipinski definition) is 3. The van der Waals surface area contributed by atoms with Crippen molar-refractivity contribution < 1.29 is 9.47 Å². The van der Waals surface area contributed by atoms with E-state index < -0.39 is 0 Å². The molecule has 3 aromatic rings. The van der Waals surface area contributed by atoms with E-state index >= 15 is 0 Å². The molecule has 0 aliphatic heterocycles. The largest absolute Gasteiger partial charge is 0.497 e. The van der Waals surface area contributed by atoms with Crippen molar-refractivity contribution in [3.8, 4) is 5.75 Å². The van der Waals surface area contributed by atoms with Crippen LogP contribution in [-0.2, 0) is 24.5 Å². The van der Waals surface area contributed by atoms with Gasteiger partial charge in [0, 0.05) is 18.3 Å². The van der Waals surface area contributed by atoms with Gasteiger partial charge in [-0.05, 0) is 41.0 Å². The molecule has 0 spiro atoms. The van der Waals surface area contributed by atoms with Crippen molar-refractivity contribution in [2.75, 3.05) is 12.4 Å². The number of benzene rings is 3. The first kappa shape index (κ1) is 19.9. The maximum Gasteiger partial charge on any atom is 0.171 e. The fourth-order valence-electron chi connectivity index (χ4n) is 2.78. The topological polar surface area (TPSA) is 42.5 Å². The molecule has 0 aliphatic carbocycles. The van der Waals surface area contributed by atoms with E-state index in [-0.39, 0.29) is 0 Å². The van der Waals surface area contributed by atoms with Gasteiger partial charge in [0.2, 0.25) is 0 Å². The van der Waals surface area contributed by atoms with E-state index in [0.717, 1.165) is 22.6 Å². The van der Waals surface area contributed by atoms with E-state index in [9.17, 15) is 0 Å². The standard InChI is InChI=1S/C23H24N2O2S/c1-26-22-13-7-12-21(14-22)25-23(28)24-15-19-10-5-6-11-20(19)17-27-16-18-8-3-2-4-9-18/h2-14H,15-17H2,1H3,(H2,24,25,28). The fraction of sp³-hybridized carbons (Fsp3) is 0.174. The number of thiocarbonyl (C=S) groups is 1. The van der Waals surface area contributed by atoms with Crippen LogP contribution in [0.25, 0.3) is 0 Å². The third-order valence-corrected chi connectivity index (χ3v) is 4.50. The summed E-state index contributed by atoms with van der Waals surface area (Å²) in [5, 5.41) is 7.00. The first-order chi connectivity index (χ1) is 13.7. The van der Waals surface area contributed by atoms with Crippen LogP contribution in [0.15, 0.2) is 78.9 Å². The summed E-state index contributed by atoms with van der Waals surface area (Å²) in [6.07, 6.45) is 0. The highest BCUT2D eigenvalue weighted by Gasteiger charge is 2.04. The molecule has 2 N–H and O–H groups in total. The Morgan fingerprint density at radius 3 is 2.39 bits per heavy atom. The molecule has 0 aromatic heterocycles. The van der Waals surface area contributed by atoms with Crippen molar-refractivity contribution >= 4 is 23.0 Å². The first-order valence-corrected chi connectivity index (χ1v) is 9.53. The van der Waals surface area contributed by atoms with Crippen LogP contribution in [-0.4, -0.2) is 12.2 Å². The van der Waals surface area contributed by atoms with Gasteiger partial charge in [-0.1, -0.05) is 60.7 Å². The zero-order chi connectivity index (χ0) is 19.6. The van der Waals surface area contributed by atoms with Crippen LogP contribution >= 0.6 is 12.2 Å². The Bertz CT molecular complexity index is 900. The quantitative estimate of drug-likeness (QED) is 0.534. The van der Waals surface area contributed by atoms with E-state index in [4.69, 9.17) is 21.7 Å². The lowest BCUT2D eigenvalue weighted by molar-refractivity contribution is 0.106. The van der Waals surface area contributed by atoms with E-state index in [0.29, 0.717) is 24.9 Å². The Balaban J connectivity index is 1.51. The van der Waals surface area contributed by atoms with Gasteiger partial charge in [0.05, 0.1) is 20.3 Å². The zero-order valence-corrected chi connectivity index (χ0v) is 16.7. The fourth-order valence-corrected chi connectivity index (χ4v) is 2.97. The van der Waals surface area contributed by atoms with Crippen molar-refractivity contribution in [2.45, 2.75) is 19.8 Å². The summed E-state index contributed by atoms with van der Waals surface area (Å²) in [5.41, 5.74) is 4.36. The van der Waals surface area contributed by atoms with Crippen molar-refractivity contribution in [3.63, 3.8) is 0 Å². The van der Waals surface area contributed by atoms with Gasteiger partial charge in [0.25, 0.3) is 0 Å². The van der Waals surface area contributed by atoms with Gasteiger partial charge in [-0.25, -0.2) is 0 Å². The van der Waals surface area contributed by atoms with Crippen LogP contribution in [0.3, 0.4) is 0 Å². The first-order valence-electron chi connectivity index (χ1n) is 9.12. The molecular weight excluding hydrogens is 368 g/mol. The number of anilines is 1. The van der Waals surface area contributed by atoms with Crippen LogP contribution in [0.2, 0.25) is 0 Å². The van der Waals surface area contributed by atoms with Crippen LogP contribution in [0, 0.1) is 0 Å². The highest BCUT2D eigenvalue weighted by molar-refractivity contribution is 7.80. The van der Waals surface area contributed by atoms with Crippen molar-refractivity contribution in [3.05, 3.63) is 95.6 Å². The van der Waals surface area contributed by atoms with Crippen molar-refractivity contribution in [1.29, 1.82) is 0 Å². The molecular formula is C23H24N2O2S. The average molecular weight is 393 g/mol. The molecule has 0 saturated carbocycles. The normalized spacial score (nSPS) is 10.3. The number of ether oxygens (including phenoxy) is 2. The van der Waals surface area contributed by atoms with Gasteiger partial charge in [-0.15, -0.1) is 0 Å². The Kier molecular flexibility index (Phi) is 7.41. The second-order valence-corrected chi connectivity index (χ2v) is 6.69. The second-order valence-electron chi connectivity index (χ2n) is 6.29. The molecule has 0 aliphatic rings. The molecule has 5 heteroatoms. The summed E-state index contributed by atoms with van der Waals surface area (Å²) in [5.74, 6) is 0.786. The number of methoxy groups -OCH3 is 1. The van der Waals surface area contributed by atoms with Crippen LogP contribution in [0.4, 0.5) is 5.69 Å². The SMILES string of the molecule is COc1cccc(NC(=S)NCc2ccccc2COCc2ccccc2)c1. The van der Waals surface area contributed by atoms with Gasteiger partial charge >= 0.3 is 0 Å². The van der Waals surface area contributed by atoms with E-state index in [1.54, 1.807) is 7.11 Å². The zero-order valence-electron chi connectivity index (χ0n) is 15.9. The highest BCUT2D eigenvalue weighted by Crippen LogP contribution is 2.17. The van der Waals surface area contributed by atoms with Gasteiger partial charge < -0.3 is 20.1 Å². The van der Waals surface area contributed by atoms with E-state index in [1.807, 2.05) is 54.6 Å². The number of hydrogen-bond donors (Lipinski definition) is 2. The van der Waals surface area contributed by atoms with Crippen molar-refractivity contribution in [1.82, 2.24) is 5.32 Å². The minimum atomic E-state index is 0.558. The summed E-state index contributed by atoms with van der Waals surface area (Å²) in [6, 6.07) is 26.1. The molecule has 0 amide bonds. The lowest BCUT2D eigenvalue weighted by atomic mass is 10.1. The predicted octanol–water partition coefficient (Wildman–Crippen LogP) is 4.90. The third-order valence-electron chi connectivity index (χ3n) is 4.25. The molecule has 3 rings (SSSR count). The van der Waals surface area contributed by atoms with Gasteiger partial charge in [-0.2, -0.15) is 0 Å². The van der Waals surface area contributed by atoms with Crippen LogP contribution in [0.5, 0.6) is 5.75 Å². The monoisotopic (exact) mass is 392 g/mol. The molecule has 0 bridgehead atoms. The molecule has 28 heavy (non-hydrogen) atoms. The maximum atomic E-state index is 5.88. The molecule has 0 saturated heterocycles. The summed E-state index contributed by atoms with van der Waals surface area (Å²) in [4.78, 5) is 0. The molecule has 0 radical (unpaired) electrons. The smallest absolute Gasteiger partial charge is 0.171 e. The van der Waals surface area contributed by atoms with Crippen LogP contribution < -0.4 is 15.4 Å². The molecule has 4 nitrogen and oxygen atoms in total. The number of rotatable bonds is 8. The summed E-state index contributed by atoms with van der Waals surface area (Å²) >= 11 is 5.42. The summed E-state index contributed by atoms with van der Waals surface area (Å²) in [7, 11) is 1.65. The summed E-state index contributed by atoms with van der Waals surface area (Å²) in [6.45, 7) is 1.78. The Morgan fingerprint density at radius 2 is 1.61 bits per heavy atom. The van der Waals surface area contributed by atoms with Crippen molar-refractivity contribution in [2.24, 2.45) is 0 Å². The lowest BCUT2D eigenvalue weighted by Crippen LogP contribution is -2.28. The minimum Gasteiger partial charge on any atom is -0.497 e. The predicted molar refractivity (Wildman–Crippen MR) is 117 cm³/mol.